The van der Waals surface area contributed by atoms with E-state index in [1.54, 1.807) is 18.2 Å². The molecule has 1 amide bonds. The highest BCUT2D eigenvalue weighted by Gasteiger charge is 2.15. The van der Waals surface area contributed by atoms with Crippen LogP contribution in [0.25, 0.3) is 0 Å². The number of amides is 1. The van der Waals surface area contributed by atoms with Gasteiger partial charge in [0.2, 0.25) is 0 Å². The van der Waals surface area contributed by atoms with E-state index in [1.807, 2.05) is 20.8 Å². The number of alkyl carbamates (subject to hydrolysis) is 1. The molecule has 0 aliphatic rings. The Morgan fingerprint density at radius 2 is 2.11 bits per heavy atom. The molecule has 1 rings (SSSR count). The van der Waals surface area contributed by atoms with Crippen molar-refractivity contribution >= 4 is 33.6 Å². The minimum atomic E-state index is -0.499. The molecule has 6 heteroatoms. The number of rotatable bonds is 4. The Morgan fingerprint density at radius 3 is 2.74 bits per heavy atom. The van der Waals surface area contributed by atoms with Crippen LogP contribution in [-0.4, -0.2) is 24.8 Å². The van der Waals surface area contributed by atoms with Gasteiger partial charge in [-0.25, -0.2) is 4.79 Å². The Bertz CT molecular complexity index is 446. The monoisotopic (exact) mass is 349 g/mol. The zero-order valence-electron chi connectivity index (χ0n) is 11.1. The fraction of sp³-hybridized carbons (Fsp3) is 0.462. The SMILES string of the molecule is CC(C)(C)OC(=O)NCCOc1cc(Cl)ccc1Br. The lowest BCUT2D eigenvalue weighted by Crippen LogP contribution is -2.34. The average molecular weight is 351 g/mol. The summed E-state index contributed by atoms with van der Waals surface area (Å²) >= 11 is 9.22. The van der Waals surface area contributed by atoms with E-state index in [2.05, 4.69) is 21.2 Å². The average Bonchev–Trinajstić information content (AvgIpc) is 2.26. The summed E-state index contributed by atoms with van der Waals surface area (Å²) in [5.74, 6) is 0.637. The van der Waals surface area contributed by atoms with E-state index in [1.165, 1.54) is 0 Å². The van der Waals surface area contributed by atoms with Crippen molar-refractivity contribution in [1.82, 2.24) is 5.32 Å². The third-order valence-electron chi connectivity index (χ3n) is 1.92. The second-order valence-electron chi connectivity index (χ2n) is 4.85. The standard InChI is InChI=1S/C13H17BrClNO3/c1-13(2,3)19-12(17)16-6-7-18-11-8-9(15)4-5-10(11)14/h4-5,8H,6-7H2,1-3H3,(H,16,17). The maximum atomic E-state index is 11.4. The van der Waals surface area contributed by atoms with Gasteiger partial charge in [0, 0.05) is 5.02 Å². The van der Waals surface area contributed by atoms with Gasteiger partial charge in [0.15, 0.2) is 0 Å². The summed E-state index contributed by atoms with van der Waals surface area (Å²) in [6, 6.07) is 5.27. The minimum Gasteiger partial charge on any atom is -0.491 e. The highest BCUT2D eigenvalue weighted by atomic mass is 79.9. The number of carbonyl (C=O) groups excluding carboxylic acids is 1. The van der Waals surface area contributed by atoms with Crippen molar-refractivity contribution in [3.8, 4) is 5.75 Å². The van der Waals surface area contributed by atoms with Gasteiger partial charge in [-0.3, -0.25) is 0 Å². The molecule has 1 aromatic rings. The fourth-order valence-corrected chi connectivity index (χ4v) is 1.74. The first kappa shape index (κ1) is 16.1. The number of hydrogen-bond acceptors (Lipinski definition) is 3. The maximum Gasteiger partial charge on any atom is 0.407 e. The molecule has 4 nitrogen and oxygen atoms in total. The first-order valence-electron chi connectivity index (χ1n) is 5.82. The Labute approximate surface area is 126 Å². The van der Waals surface area contributed by atoms with Crippen molar-refractivity contribution in [2.45, 2.75) is 26.4 Å². The number of nitrogens with one attached hydrogen (secondary N) is 1. The van der Waals surface area contributed by atoms with Gasteiger partial charge in [0.25, 0.3) is 0 Å². The van der Waals surface area contributed by atoms with Gasteiger partial charge < -0.3 is 14.8 Å². The molecule has 0 radical (unpaired) electrons. The molecule has 0 aliphatic carbocycles. The largest absolute Gasteiger partial charge is 0.491 e. The van der Waals surface area contributed by atoms with Gasteiger partial charge in [-0.2, -0.15) is 0 Å². The Kier molecular flexibility index (Phi) is 5.94. The van der Waals surface area contributed by atoms with Crippen LogP contribution in [0.5, 0.6) is 5.75 Å². The predicted octanol–water partition coefficient (Wildman–Crippen LogP) is 4.01. The van der Waals surface area contributed by atoms with Crippen LogP contribution in [0.3, 0.4) is 0 Å². The molecular formula is C13H17BrClNO3. The molecule has 0 spiro atoms. The lowest BCUT2D eigenvalue weighted by molar-refractivity contribution is 0.0520. The molecule has 0 aromatic heterocycles. The third-order valence-corrected chi connectivity index (χ3v) is 2.81. The summed E-state index contributed by atoms with van der Waals surface area (Å²) in [7, 11) is 0. The second-order valence-corrected chi connectivity index (χ2v) is 6.14. The summed E-state index contributed by atoms with van der Waals surface area (Å²) in [6.07, 6.45) is -0.457. The number of carbonyl (C=O) groups is 1. The zero-order chi connectivity index (χ0) is 14.5. The van der Waals surface area contributed by atoms with Crippen molar-refractivity contribution in [3.63, 3.8) is 0 Å². The van der Waals surface area contributed by atoms with Crippen LogP contribution in [0.4, 0.5) is 4.79 Å². The summed E-state index contributed by atoms with van der Waals surface area (Å²) < 4.78 is 11.4. The van der Waals surface area contributed by atoms with E-state index in [4.69, 9.17) is 21.1 Å². The van der Waals surface area contributed by atoms with Gasteiger partial charge in [0.1, 0.15) is 18.0 Å². The molecule has 19 heavy (non-hydrogen) atoms. The molecule has 1 N–H and O–H groups in total. The van der Waals surface area contributed by atoms with Gasteiger partial charge >= 0.3 is 6.09 Å². The van der Waals surface area contributed by atoms with Gasteiger partial charge in [-0.15, -0.1) is 0 Å². The smallest absolute Gasteiger partial charge is 0.407 e. The lowest BCUT2D eigenvalue weighted by Gasteiger charge is -2.19. The van der Waals surface area contributed by atoms with E-state index in [0.717, 1.165) is 4.47 Å². The van der Waals surface area contributed by atoms with Crippen molar-refractivity contribution < 1.29 is 14.3 Å². The topological polar surface area (TPSA) is 47.6 Å². The molecule has 0 bridgehead atoms. The van der Waals surface area contributed by atoms with Crippen LogP contribution < -0.4 is 10.1 Å². The minimum absolute atomic E-state index is 0.332. The zero-order valence-corrected chi connectivity index (χ0v) is 13.5. The van der Waals surface area contributed by atoms with Crippen LogP contribution >= 0.6 is 27.5 Å². The highest BCUT2D eigenvalue weighted by Crippen LogP contribution is 2.27. The van der Waals surface area contributed by atoms with Gasteiger partial charge in [-0.05, 0) is 54.9 Å². The van der Waals surface area contributed by atoms with Gasteiger partial charge in [0.05, 0.1) is 11.0 Å². The number of halogens is 2. The first-order valence-corrected chi connectivity index (χ1v) is 7.00. The molecule has 1 aromatic carbocycles. The number of hydrogen-bond donors (Lipinski definition) is 1. The fourth-order valence-electron chi connectivity index (χ4n) is 1.22. The number of benzene rings is 1. The van der Waals surface area contributed by atoms with Crippen LogP contribution in [-0.2, 0) is 4.74 Å². The normalized spacial score (nSPS) is 11.0. The van der Waals surface area contributed by atoms with Crippen LogP contribution in [0.2, 0.25) is 5.02 Å². The quantitative estimate of drug-likeness (QED) is 0.835. The molecule has 0 atom stereocenters. The van der Waals surface area contributed by atoms with Crippen molar-refractivity contribution in [2.75, 3.05) is 13.2 Å². The Balaban J connectivity index is 2.31. The maximum absolute atomic E-state index is 11.4. The van der Waals surface area contributed by atoms with E-state index in [-0.39, 0.29) is 0 Å². The summed E-state index contributed by atoms with van der Waals surface area (Å²) in [6.45, 7) is 6.12. The van der Waals surface area contributed by atoms with Gasteiger partial charge in [-0.1, -0.05) is 11.6 Å². The molecule has 0 unspecified atom stereocenters. The number of ether oxygens (including phenoxy) is 2. The molecule has 0 aliphatic heterocycles. The van der Waals surface area contributed by atoms with Crippen LogP contribution in [0.1, 0.15) is 20.8 Å². The van der Waals surface area contributed by atoms with Crippen molar-refractivity contribution in [3.05, 3.63) is 27.7 Å². The first-order chi connectivity index (χ1) is 8.78. The Morgan fingerprint density at radius 1 is 1.42 bits per heavy atom. The second kappa shape index (κ2) is 7.01. The molecular weight excluding hydrogens is 334 g/mol. The van der Waals surface area contributed by atoms with Crippen molar-refractivity contribution in [2.24, 2.45) is 0 Å². The van der Waals surface area contributed by atoms with E-state index in [9.17, 15) is 4.79 Å². The molecule has 0 heterocycles. The Hall–Kier alpha value is -0.940. The summed E-state index contributed by atoms with van der Waals surface area (Å²) in [5.41, 5.74) is -0.499. The summed E-state index contributed by atoms with van der Waals surface area (Å²) in [4.78, 5) is 11.4. The summed E-state index contributed by atoms with van der Waals surface area (Å²) in [5, 5.41) is 3.20. The lowest BCUT2D eigenvalue weighted by atomic mass is 10.2. The third kappa shape index (κ3) is 6.68. The molecule has 0 fully saturated rings. The molecule has 0 saturated heterocycles. The van der Waals surface area contributed by atoms with E-state index >= 15 is 0 Å². The van der Waals surface area contributed by atoms with Crippen LogP contribution in [0, 0.1) is 0 Å². The van der Waals surface area contributed by atoms with Crippen molar-refractivity contribution in [1.29, 1.82) is 0 Å². The highest BCUT2D eigenvalue weighted by molar-refractivity contribution is 9.10. The van der Waals surface area contributed by atoms with E-state index < -0.39 is 11.7 Å². The predicted molar refractivity (Wildman–Crippen MR) is 78.9 cm³/mol. The van der Waals surface area contributed by atoms with Crippen LogP contribution in [0.15, 0.2) is 22.7 Å². The molecule has 106 valence electrons. The molecule has 0 saturated carbocycles. The van der Waals surface area contributed by atoms with E-state index in [0.29, 0.717) is 23.9 Å².